The molecule has 0 bridgehead atoms. The highest BCUT2D eigenvalue weighted by molar-refractivity contribution is 6.17. The van der Waals surface area contributed by atoms with Crippen LogP contribution in [0.5, 0.6) is 0 Å². The fourth-order valence-corrected chi connectivity index (χ4v) is 0.953. The number of ether oxygens (including phenoxy) is 1. The summed E-state index contributed by atoms with van der Waals surface area (Å²) in [7, 11) is 0. The second-order valence-electron chi connectivity index (χ2n) is 2.35. The zero-order chi connectivity index (χ0) is 8.53. The molecule has 0 fully saturated rings. The number of hydrogen-bond acceptors (Lipinski definition) is 3. The Morgan fingerprint density at radius 1 is 1.64 bits per heavy atom. The average molecular weight is 181 g/mol. The minimum Gasteiger partial charge on any atom is -0.380 e. The number of alkyl halides is 1. The van der Waals surface area contributed by atoms with E-state index in [1.807, 2.05) is 6.92 Å². The van der Waals surface area contributed by atoms with Gasteiger partial charge in [-0.05, 0) is 19.8 Å². The molecule has 0 radical (unpaired) electrons. The molecule has 4 heteroatoms. The number of nitrogens with two attached hydrogens (primary N) is 1. The van der Waals surface area contributed by atoms with Crippen molar-refractivity contribution in [2.24, 2.45) is 5.84 Å². The van der Waals surface area contributed by atoms with E-state index in [0.717, 1.165) is 19.4 Å². The van der Waals surface area contributed by atoms with E-state index in [1.165, 1.54) is 0 Å². The smallest absolute Gasteiger partial charge is 0.0632 e. The van der Waals surface area contributed by atoms with Gasteiger partial charge in [-0.15, -0.1) is 11.6 Å². The summed E-state index contributed by atoms with van der Waals surface area (Å²) < 4.78 is 5.20. The molecule has 0 saturated heterocycles. The summed E-state index contributed by atoms with van der Waals surface area (Å²) in [5.74, 6) is 5.97. The van der Waals surface area contributed by atoms with Gasteiger partial charge >= 0.3 is 0 Å². The third-order valence-corrected chi connectivity index (χ3v) is 1.71. The molecule has 0 aromatic carbocycles. The van der Waals surface area contributed by atoms with Crippen LogP contribution in [0.2, 0.25) is 0 Å². The molecular weight excluding hydrogens is 164 g/mol. The summed E-state index contributed by atoms with van der Waals surface area (Å²) in [5.41, 5.74) is 2.69. The lowest BCUT2D eigenvalue weighted by atomic mass is 10.2. The summed E-state index contributed by atoms with van der Waals surface area (Å²) in [6, 6.07) is 0.244. The molecular formula is C7H17ClN2O. The predicted octanol–water partition coefficient (Wildman–Crippen LogP) is 0.874. The van der Waals surface area contributed by atoms with Gasteiger partial charge in [-0.2, -0.15) is 0 Å². The van der Waals surface area contributed by atoms with E-state index >= 15 is 0 Å². The molecule has 0 aliphatic carbocycles. The quantitative estimate of drug-likeness (QED) is 0.347. The van der Waals surface area contributed by atoms with E-state index in [-0.39, 0.29) is 6.04 Å². The lowest BCUT2D eigenvalue weighted by molar-refractivity contribution is 0.120. The van der Waals surface area contributed by atoms with Gasteiger partial charge < -0.3 is 4.74 Å². The molecule has 11 heavy (non-hydrogen) atoms. The molecule has 0 aliphatic heterocycles. The van der Waals surface area contributed by atoms with E-state index in [9.17, 15) is 0 Å². The second-order valence-corrected chi connectivity index (χ2v) is 2.73. The van der Waals surface area contributed by atoms with Crippen molar-refractivity contribution in [3.63, 3.8) is 0 Å². The van der Waals surface area contributed by atoms with Crippen LogP contribution in [0.4, 0.5) is 0 Å². The van der Waals surface area contributed by atoms with E-state index in [1.54, 1.807) is 0 Å². The van der Waals surface area contributed by atoms with Crippen LogP contribution in [0.25, 0.3) is 0 Å². The molecule has 0 heterocycles. The van der Waals surface area contributed by atoms with Gasteiger partial charge in [-0.1, -0.05) is 0 Å². The Morgan fingerprint density at radius 2 is 2.36 bits per heavy atom. The first kappa shape index (κ1) is 11.2. The number of hydrazine groups is 1. The zero-order valence-electron chi connectivity index (χ0n) is 6.98. The maximum atomic E-state index is 5.53. The van der Waals surface area contributed by atoms with Gasteiger partial charge in [0, 0.05) is 18.5 Å². The molecule has 0 amide bonds. The predicted molar refractivity (Wildman–Crippen MR) is 47.6 cm³/mol. The van der Waals surface area contributed by atoms with E-state index < -0.39 is 0 Å². The summed E-state index contributed by atoms with van der Waals surface area (Å²) in [6.45, 7) is 3.37. The molecule has 0 rings (SSSR count). The summed E-state index contributed by atoms with van der Waals surface area (Å²) in [4.78, 5) is 0. The number of nitrogens with one attached hydrogen (secondary N) is 1. The van der Waals surface area contributed by atoms with Gasteiger partial charge in [0.25, 0.3) is 0 Å². The van der Waals surface area contributed by atoms with Gasteiger partial charge in [0.2, 0.25) is 0 Å². The first-order valence-corrected chi connectivity index (χ1v) is 4.48. The largest absolute Gasteiger partial charge is 0.380 e. The highest BCUT2D eigenvalue weighted by Crippen LogP contribution is 1.98. The average Bonchev–Trinajstić information content (AvgIpc) is 2.05. The van der Waals surface area contributed by atoms with Crippen molar-refractivity contribution < 1.29 is 4.74 Å². The lowest BCUT2D eigenvalue weighted by Gasteiger charge is -2.14. The molecule has 1 atom stereocenters. The molecule has 3 nitrogen and oxygen atoms in total. The third-order valence-electron chi connectivity index (χ3n) is 1.45. The molecule has 0 aliphatic rings. The third kappa shape index (κ3) is 6.56. The van der Waals surface area contributed by atoms with Crippen LogP contribution in [0.15, 0.2) is 0 Å². The van der Waals surface area contributed by atoms with Crippen molar-refractivity contribution in [3.05, 3.63) is 0 Å². The van der Waals surface area contributed by atoms with Gasteiger partial charge in [-0.3, -0.25) is 11.3 Å². The SMILES string of the molecule is CCOCC(CCCCl)NN. The van der Waals surface area contributed by atoms with Gasteiger partial charge in [0.05, 0.1) is 6.61 Å². The minimum absolute atomic E-state index is 0.244. The normalized spacial score (nSPS) is 13.4. The van der Waals surface area contributed by atoms with E-state index in [0.29, 0.717) is 12.5 Å². The van der Waals surface area contributed by atoms with E-state index in [2.05, 4.69) is 5.43 Å². The number of hydrogen-bond donors (Lipinski definition) is 2. The van der Waals surface area contributed by atoms with Crippen molar-refractivity contribution in [1.29, 1.82) is 0 Å². The van der Waals surface area contributed by atoms with Gasteiger partial charge in [0.1, 0.15) is 0 Å². The van der Waals surface area contributed by atoms with Crippen LogP contribution in [-0.4, -0.2) is 25.1 Å². The fraction of sp³-hybridized carbons (Fsp3) is 1.00. The molecule has 0 saturated carbocycles. The summed E-state index contributed by atoms with van der Waals surface area (Å²) in [6.07, 6.45) is 1.95. The molecule has 3 N–H and O–H groups in total. The first-order valence-electron chi connectivity index (χ1n) is 3.95. The Hall–Kier alpha value is 0.170. The van der Waals surface area contributed by atoms with E-state index in [4.69, 9.17) is 22.2 Å². The standard InChI is InChI=1S/C7H17ClN2O/c1-2-11-6-7(10-9)4-3-5-8/h7,10H,2-6,9H2,1H3. The Morgan fingerprint density at radius 3 is 2.82 bits per heavy atom. The Kier molecular flexibility index (Phi) is 8.40. The van der Waals surface area contributed by atoms with Crippen LogP contribution in [-0.2, 0) is 4.74 Å². The Balaban J connectivity index is 3.25. The number of rotatable bonds is 7. The van der Waals surface area contributed by atoms with Gasteiger partial charge in [-0.25, -0.2) is 0 Å². The van der Waals surface area contributed by atoms with Crippen molar-refractivity contribution in [2.75, 3.05) is 19.1 Å². The minimum atomic E-state index is 0.244. The zero-order valence-corrected chi connectivity index (χ0v) is 7.73. The van der Waals surface area contributed by atoms with Crippen LogP contribution in [0, 0.1) is 0 Å². The van der Waals surface area contributed by atoms with Crippen molar-refractivity contribution in [1.82, 2.24) is 5.43 Å². The van der Waals surface area contributed by atoms with Gasteiger partial charge in [0.15, 0.2) is 0 Å². The second kappa shape index (κ2) is 8.27. The topological polar surface area (TPSA) is 47.3 Å². The van der Waals surface area contributed by atoms with Crippen molar-refractivity contribution in [3.8, 4) is 0 Å². The van der Waals surface area contributed by atoms with Crippen molar-refractivity contribution in [2.45, 2.75) is 25.8 Å². The lowest BCUT2D eigenvalue weighted by Crippen LogP contribution is -2.38. The highest BCUT2D eigenvalue weighted by atomic mass is 35.5. The highest BCUT2D eigenvalue weighted by Gasteiger charge is 2.04. The Labute approximate surface area is 73.2 Å². The molecule has 0 aromatic heterocycles. The van der Waals surface area contributed by atoms with Crippen LogP contribution in [0.1, 0.15) is 19.8 Å². The molecule has 1 unspecified atom stereocenters. The molecule has 68 valence electrons. The maximum absolute atomic E-state index is 5.53. The summed E-state index contributed by atoms with van der Waals surface area (Å²) >= 11 is 5.53. The molecule has 0 aromatic rings. The van der Waals surface area contributed by atoms with Crippen molar-refractivity contribution >= 4 is 11.6 Å². The van der Waals surface area contributed by atoms with Crippen LogP contribution in [0.3, 0.4) is 0 Å². The summed E-state index contributed by atoms with van der Waals surface area (Å²) in [5, 5.41) is 0. The maximum Gasteiger partial charge on any atom is 0.0632 e. The Bertz CT molecular complexity index is 74.8. The van der Waals surface area contributed by atoms with Crippen LogP contribution >= 0.6 is 11.6 Å². The fourth-order valence-electron chi connectivity index (χ4n) is 0.798. The van der Waals surface area contributed by atoms with Crippen LogP contribution < -0.4 is 11.3 Å². The first-order chi connectivity index (χ1) is 5.35. The molecule has 0 spiro atoms. The number of halogens is 1. The monoisotopic (exact) mass is 180 g/mol.